The van der Waals surface area contributed by atoms with Gasteiger partial charge in [-0.15, -0.1) is 5.10 Å². The molecule has 3 heterocycles. The molecule has 0 aliphatic carbocycles. The first kappa shape index (κ1) is 20.0. The molecule has 158 valence electrons. The highest BCUT2D eigenvalue weighted by atomic mass is 19.1. The molecular formula is C20H21F3N6O. The average molecular weight is 418 g/mol. The lowest BCUT2D eigenvalue weighted by molar-refractivity contribution is 0.0956. The highest BCUT2D eigenvalue weighted by molar-refractivity contribution is 6.04. The van der Waals surface area contributed by atoms with Crippen LogP contribution in [0.1, 0.15) is 41.7 Å². The summed E-state index contributed by atoms with van der Waals surface area (Å²) in [5, 5.41) is 6.83. The molecule has 0 bridgehead atoms. The summed E-state index contributed by atoms with van der Waals surface area (Å²) >= 11 is 0. The number of nitrogens with zero attached hydrogens (tertiary/aromatic N) is 4. The zero-order chi connectivity index (χ0) is 21.4. The summed E-state index contributed by atoms with van der Waals surface area (Å²) < 4.78 is 43.7. The highest BCUT2D eigenvalue weighted by Gasteiger charge is 2.36. The third-order valence-corrected chi connectivity index (χ3v) is 5.12. The monoisotopic (exact) mass is 418 g/mol. The second kappa shape index (κ2) is 7.85. The number of halogens is 3. The van der Waals surface area contributed by atoms with Crippen LogP contribution >= 0.6 is 0 Å². The molecule has 0 saturated carbocycles. The maximum Gasteiger partial charge on any atom is 0.258 e. The van der Waals surface area contributed by atoms with Crippen molar-refractivity contribution in [2.75, 3.05) is 23.7 Å². The number of aromatic nitrogens is 3. The first-order valence-corrected chi connectivity index (χ1v) is 9.67. The Morgan fingerprint density at radius 3 is 2.90 bits per heavy atom. The SMILES string of the molecule is CCCNC(=O)c1c(N)nn2ccc(N3C[C@@H](F)C[C@@H]3c3cc(F)ccc3F)nc12. The average Bonchev–Trinajstić information content (AvgIpc) is 3.26. The number of benzene rings is 1. The lowest BCUT2D eigenvalue weighted by Crippen LogP contribution is -2.26. The van der Waals surface area contributed by atoms with Crippen LogP contribution in [0.3, 0.4) is 0 Å². The molecule has 0 spiro atoms. The van der Waals surface area contributed by atoms with Crippen LogP contribution in [0.5, 0.6) is 0 Å². The smallest absolute Gasteiger partial charge is 0.258 e. The number of fused-ring (bicyclic) bond motifs is 1. The molecule has 1 aliphatic heterocycles. The molecule has 1 aliphatic rings. The van der Waals surface area contributed by atoms with Crippen molar-refractivity contribution in [3.63, 3.8) is 0 Å². The van der Waals surface area contributed by atoms with Gasteiger partial charge in [0.25, 0.3) is 5.91 Å². The molecule has 30 heavy (non-hydrogen) atoms. The number of amides is 1. The summed E-state index contributed by atoms with van der Waals surface area (Å²) in [6, 6.07) is 3.97. The van der Waals surface area contributed by atoms with Gasteiger partial charge in [-0.05, 0) is 30.7 Å². The van der Waals surface area contributed by atoms with E-state index in [4.69, 9.17) is 5.73 Å². The van der Waals surface area contributed by atoms with Gasteiger partial charge in [-0.3, -0.25) is 4.79 Å². The third kappa shape index (κ3) is 3.53. The number of nitrogens with two attached hydrogens (primary N) is 1. The summed E-state index contributed by atoms with van der Waals surface area (Å²) in [7, 11) is 0. The Balaban J connectivity index is 1.76. The molecule has 2 aromatic heterocycles. The third-order valence-electron chi connectivity index (χ3n) is 5.12. The van der Waals surface area contributed by atoms with Crippen molar-refractivity contribution in [2.45, 2.75) is 32.0 Å². The number of anilines is 2. The van der Waals surface area contributed by atoms with Crippen LogP contribution in [0.25, 0.3) is 5.65 Å². The van der Waals surface area contributed by atoms with Crippen molar-refractivity contribution in [1.29, 1.82) is 0 Å². The summed E-state index contributed by atoms with van der Waals surface area (Å²) in [5.74, 6) is -1.29. The Bertz CT molecular complexity index is 1100. The zero-order valence-electron chi connectivity index (χ0n) is 16.3. The normalized spacial score (nSPS) is 18.9. The summed E-state index contributed by atoms with van der Waals surface area (Å²) in [5.41, 5.74) is 6.30. The molecule has 1 saturated heterocycles. The Hall–Kier alpha value is -3.30. The summed E-state index contributed by atoms with van der Waals surface area (Å²) in [4.78, 5) is 18.5. The number of hydrogen-bond donors (Lipinski definition) is 2. The molecule has 1 amide bonds. The van der Waals surface area contributed by atoms with E-state index in [9.17, 15) is 18.0 Å². The van der Waals surface area contributed by atoms with Crippen molar-refractivity contribution in [3.05, 3.63) is 53.2 Å². The van der Waals surface area contributed by atoms with Crippen LogP contribution in [-0.4, -0.2) is 39.8 Å². The van der Waals surface area contributed by atoms with Gasteiger partial charge in [0.05, 0.1) is 12.6 Å². The molecule has 1 fully saturated rings. The minimum absolute atomic E-state index is 0.00151. The lowest BCUT2D eigenvalue weighted by atomic mass is 10.0. The van der Waals surface area contributed by atoms with Gasteiger partial charge >= 0.3 is 0 Å². The number of carbonyl (C=O) groups excluding carboxylic acids is 1. The molecule has 1 aromatic carbocycles. The van der Waals surface area contributed by atoms with Gasteiger partial charge in [0, 0.05) is 24.7 Å². The van der Waals surface area contributed by atoms with E-state index in [0.29, 0.717) is 12.4 Å². The lowest BCUT2D eigenvalue weighted by Gasteiger charge is -2.26. The van der Waals surface area contributed by atoms with Gasteiger partial charge in [0.2, 0.25) is 0 Å². The Morgan fingerprint density at radius 1 is 1.33 bits per heavy atom. The van der Waals surface area contributed by atoms with Gasteiger partial charge in [-0.1, -0.05) is 6.92 Å². The quantitative estimate of drug-likeness (QED) is 0.665. The summed E-state index contributed by atoms with van der Waals surface area (Å²) in [6.45, 7) is 2.35. The van der Waals surface area contributed by atoms with E-state index < -0.39 is 29.8 Å². The van der Waals surface area contributed by atoms with Gasteiger partial charge in [0.1, 0.15) is 29.2 Å². The van der Waals surface area contributed by atoms with E-state index >= 15 is 0 Å². The zero-order valence-corrected chi connectivity index (χ0v) is 16.3. The maximum atomic E-state index is 14.4. The first-order chi connectivity index (χ1) is 14.4. The van der Waals surface area contributed by atoms with Crippen LogP contribution in [0.4, 0.5) is 24.8 Å². The molecule has 3 aromatic rings. The number of alkyl halides is 1. The molecule has 7 nitrogen and oxygen atoms in total. The minimum Gasteiger partial charge on any atom is -0.381 e. The number of carbonyl (C=O) groups is 1. The van der Waals surface area contributed by atoms with Gasteiger partial charge in [0.15, 0.2) is 11.5 Å². The number of rotatable bonds is 5. The van der Waals surface area contributed by atoms with Crippen molar-refractivity contribution in [2.24, 2.45) is 0 Å². The molecule has 10 heteroatoms. The van der Waals surface area contributed by atoms with E-state index in [1.807, 2.05) is 6.92 Å². The molecule has 0 radical (unpaired) electrons. The topological polar surface area (TPSA) is 88.5 Å². The van der Waals surface area contributed by atoms with E-state index in [0.717, 1.165) is 24.6 Å². The highest BCUT2D eigenvalue weighted by Crippen LogP contribution is 2.38. The first-order valence-electron chi connectivity index (χ1n) is 9.67. The molecular weight excluding hydrogens is 397 g/mol. The van der Waals surface area contributed by atoms with Crippen LogP contribution in [-0.2, 0) is 0 Å². The van der Waals surface area contributed by atoms with Crippen LogP contribution < -0.4 is 16.0 Å². The fraction of sp³-hybridized carbons (Fsp3) is 0.350. The van der Waals surface area contributed by atoms with E-state index in [1.54, 1.807) is 17.2 Å². The predicted molar refractivity (Wildman–Crippen MR) is 106 cm³/mol. The molecule has 4 rings (SSSR count). The number of nitrogen functional groups attached to an aromatic ring is 1. The Morgan fingerprint density at radius 2 is 2.13 bits per heavy atom. The second-order valence-corrected chi connectivity index (χ2v) is 7.24. The Labute approximate surface area is 170 Å². The fourth-order valence-electron chi connectivity index (χ4n) is 3.74. The van der Waals surface area contributed by atoms with Crippen LogP contribution in [0, 0.1) is 11.6 Å². The maximum absolute atomic E-state index is 14.4. The fourth-order valence-corrected chi connectivity index (χ4v) is 3.74. The largest absolute Gasteiger partial charge is 0.381 e. The summed E-state index contributed by atoms with van der Waals surface area (Å²) in [6.07, 6.45) is 1.06. The van der Waals surface area contributed by atoms with E-state index in [-0.39, 0.29) is 35.6 Å². The van der Waals surface area contributed by atoms with Gasteiger partial charge in [-0.2, -0.15) is 0 Å². The van der Waals surface area contributed by atoms with E-state index in [2.05, 4.69) is 15.4 Å². The van der Waals surface area contributed by atoms with Crippen LogP contribution in [0.2, 0.25) is 0 Å². The standard InChI is InChI=1S/C20H21F3N6O/c1-2-6-25-20(30)17-18(24)27-29-7-5-16(26-19(17)29)28-10-12(22)9-15(28)13-8-11(21)3-4-14(13)23/h3-5,7-8,12,15H,2,6,9-10H2,1H3,(H2,24,27)(H,25,30)/t12-,15+/m0/s1. The number of hydrogen-bond acceptors (Lipinski definition) is 5. The molecule has 2 atom stereocenters. The van der Waals surface area contributed by atoms with Gasteiger partial charge < -0.3 is 16.0 Å². The predicted octanol–water partition coefficient (Wildman–Crippen LogP) is 3.02. The van der Waals surface area contributed by atoms with Crippen molar-refractivity contribution in [3.8, 4) is 0 Å². The van der Waals surface area contributed by atoms with E-state index in [1.165, 1.54) is 4.52 Å². The second-order valence-electron chi connectivity index (χ2n) is 7.24. The van der Waals surface area contributed by atoms with Crippen LogP contribution in [0.15, 0.2) is 30.5 Å². The van der Waals surface area contributed by atoms with Crippen molar-refractivity contribution in [1.82, 2.24) is 19.9 Å². The van der Waals surface area contributed by atoms with Crippen molar-refractivity contribution < 1.29 is 18.0 Å². The molecule has 0 unspecified atom stereocenters. The number of nitrogens with one attached hydrogen (secondary N) is 1. The minimum atomic E-state index is -1.24. The Kier molecular flexibility index (Phi) is 5.23. The molecule has 3 N–H and O–H groups in total. The van der Waals surface area contributed by atoms with Crippen molar-refractivity contribution >= 4 is 23.2 Å². The van der Waals surface area contributed by atoms with Gasteiger partial charge in [-0.25, -0.2) is 22.7 Å².